The van der Waals surface area contributed by atoms with Gasteiger partial charge in [-0.1, -0.05) is 24.3 Å². The van der Waals surface area contributed by atoms with E-state index in [-0.39, 0.29) is 0 Å². The fourth-order valence-electron chi connectivity index (χ4n) is 2.44. The third kappa shape index (κ3) is 2.20. The monoisotopic (exact) mass is 234 g/mol. The topological polar surface area (TPSA) is 46.5 Å². The molecule has 0 fully saturated rings. The van der Waals surface area contributed by atoms with Gasteiger partial charge in [-0.15, -0.1) is 0 Å². The van der Waals surface area contributed by atoms with Gasteiger partial charge < -0.3 is 9.84 Å². The Morgan fingerprint density at radius 1 is 1.41 bits per heavy atom. The van der Waals surface area contributed by atoms with E-state index in [1.165, 1.54) is 0 Å². The molecule has 0 spiro atoms. The van der Waals surface area contributed by atoms with Gasteiger partial charge >= 0.3 is 5.97 Å². The highest BCUT2D eigenvalue weighted by atomic mass is 16.5. The lowest BCUT2D eigenvalue weighted by molar-refractivity contribution is -0.167. The molecule has 0 amide bonds. The van der Waals surface area contributed by atoms with Crippen LogP contribution in [0.15, 0.2) is 24.3 Å². The number of hydrogen-bond donors (Lipinski definition) is 1. The second-order valence-electron chi connectivity index (χ2n) is 4.44. The zero-order chi connectivity index (χ0) is 12.3. The first-order chi connectivity index (χ1) is 8.18. The summed E-state index contributed by atoms with van der Waals surface area (Å²) in [6.45, 7) is 2.05. The van der Waals surface area contributed by atoms with Crippen molar-refractivity contribution in [1.82, 2.24) is 0 Å². The Balaban J connectivity index is 2.43. The molecule has 1 aromatic carbocycles. The lowest BCUT2D eigenvalue weighted by atomic mass is 9.88. The van der Waals surface area contributed by atoms with Gasteiger partial charge in [0.2, 0.25) is 0 Å². The molecule has 1 aliphatic rings. The number of benzene rings is 1. The first-order valence-electron chi connectivity index (χ1n) is 6.16. The number of rotatable bonds is 2. The molecule has 0 saturated carbocycles. The molecule has 17 heavy (non-hydrogen) atoms. The van der Waals surface area contributed by atoms with Crippen molar-refractivity contribution in [2.24, 2.45) is 0 Å². The molecule has 0 heterocycles. The van der Waals surface area contributed by atoms with E-state index in [9.17, 15) is 9.90 Å². The van der Waals surface area contributed by atoms with E-state index in [0.717, 1.165) is 30.4 Å². The summed E-state index contributed by atoms with van der Waals surface area (Å²) in [5, 5.41) is 10.6. The molecule has 0 bridgehead atoms. The van der Waals surface area contributed by atoms with Crippen LogP contribution in [-0.2, 0) is 21.6 Å². The van der Waals surface area contributed by atoms with E-state index in [1.807, 2.05) is 24.3 Å². The summed E-state index contributed by atoms with van der Waals surface area (Å²) in [5.74, 6) is -0.519. The molecule has 0 saturated heterocycles. The molecule has 3 heteroatoms. The Bertz CT molecular complexity index is 414. The molecule has 1 aromatic rings. The predicted octanol–water partition coefficient (Wildman–Crippen LogP) is 2.16. The lowest BCUT2D eigenvalue weighted by Gasteiger charge is -2.26. The highest BCUT2D eigenvalue weighted by Gasteiger charge is 2.41. The summed E-state index contributed by atoms with van der Waals surface area (Å²) in [7, 11) is 0. The van der Waals surface area contributed by atoms with Crippen LogP contribution in [0.1, 0.15) is 37.3 Å². The summed E-state index contributed by atoms with van der Waals surface area (Å²) >= 11 is 0. The van der Waals surface area contributed by atoms with E-state index in [1.54, 1.807) is 6.92 Å². The first kappa shape index (κ1) is 12.1. The first-order valence-corrected chi connectivity index (χ1v) is 6.16. The normalized spacial score (nSPS) is 23.6. The third-order valence-corrected chi connectivity index (χ3v) is 3.31. The number of carbonyl (C=O) groups is 1. The van der Waals surface area contributed by atoms with E-state index in [2.05, 4.69) is 0 Å². The number of aliphatic hydroxyl groups is 1. The van der Waals surface area contributed by atoms with Crippen molar-refractivity contribution in [3.63, 3.8) is 0 Å². The van der Waals surface area contributed by atoms with Crippen LogP contribution in [0.3, 0.4) is 0 Å². The molecule has 3 nitrogen and oxygen atoms in total. The van der Waals surface area contributed by atoms with Crippen molar-refractivity contribution in [2.45, 2.75) is 38.2 Å². The predicted molar refractivity (Wildman–Crippen MR) is 64.5 cm³/mol. The molecule has 1 atom stereocenters. The third-order valence-electron chi connectivity index (χ3n) is 3.31. The summed E-state index contributed by atoms with van der Waals surface area (Å²) in [6, 6.07) is 7.60. The highest BCUT2D eigenvalue weighted by Crippen LogP contribution is 2.35. The van der Waals surface area contributed by atoms with Gasteiger partial charge in [0.15, 0.2) is 5.60 Å². The van der Waals surface area contributed by atoms with Gasteiger partial charge in [-0.3, -0.25) is 0 Å². The van der Waals surface area contributed by atoms with Crippen LogP contribution >= 0.6 is 0 Å². The lowest BCUT2D eigenvalue weighted by Crippen LogP contribution is -2.37. The molecule has 1 unspecified atom stereocenters. The quantitative estimate of drug-likeness (QED) is 0.630. The molecular formula is C14H18O3. The van der Waals surface area contributed by atoms with Gasteiger partial charge in [0.1, 0.15) is 0 Å². The van der Waals surface area contributed by atoms with E-state index in [0.29, 0.717) is 13.0 Å². The van der Waals surface area contributed by atoms with E-state index in [4.69, 9.17) is 4.74 Å². The van der Waals surface area contributed by atoms with Gasteiger partial charge in [0, 0.05) is 0 Å². The molecule has 0 aliphatic heterocycles. The average Bonchev–Trinajstić information content (AvgIpc) is 2.51. The molecule has 92 valence electrons. The molecule has 0 radical (unpaired) electrons. The molecule has 2 rings (SSSR count). The number of carbonyl (C=O) groups excluding carboxylic acids is 1. The Kier molecular flexibility index (Phi) is 3.48. The fourth-order valence-corrected chi connectivity index (χ4v) is 2.44. The van der Waals surface area contributed by atoms with Crippen LogP contribution in [0.4, 0.5) is 0 Å². The SMILES string of the molecule is CCOC(=O)C1(O)CCCCc2ccccc21. The van der Waals surface area contributed by atoms with Crippen LogP contribution in [-0.4, -0.2) is 17.7 Å². The van der Waals surface area contributed by atoms with E-state index < -0.39 is 11.6 Å². The maximum absolute atomic E-state index is 12.0. The van der Waals surface area contributed by atoms with Crippen molar-refractivity contribution >= 4 is 5.97 Å². The van der Waals surface area contributed by atoms with Crippen LogP contribution in [0.5, 0.6) is 0 Å². The number of esters is 1. The second-order valence-corrected chi connectivity index (χ2v) is 4.44. The summed E-state index contributed by atoms with van der Waals surface area (Å²) in [5.41, 5.74) is 0.319. The van der Waals surface area contributed by atoms with Crippen LogP contribution < -0.4 is 0 Å². The van der Waals surface area contributed by atoms with Crippen LogP contribution in [0, 0.1) is 0 Å². The Morgan fingerprint density at radius 3 is 2.94 bits per heavy atom. The number of fused-ring (bicyclic) bond motifs is 1. The zero-order valence-corrected chi connectivity index (χ0v) is 10.1. The average molecular weight is 234 g/mol. The molecule has 0 aromatic heterocycles. The maximum atomic E-state index is 12.0. The number of aryl methyl sites for hydroxylation is 1. The minimum atomic E-state index is -1.46. The van der Waals surface area contributed by atoms with Crippen molar-refractivity contribution in [2.75, 3.05) is 6.61 Å². The zero-order valence-electron chi connectivity index (χ0n) is 10.1. The van der Waals surface area contributed by atoms with Gasteiger partial charge in [-0.25, -0.2) is 4.79 Å². The largest absolute Gasteiger partial charge is 0.464 e. The van der Waals surface area contributed by atoms with Gasteiger partial charge in [-0.05, 0) is 43.7 Å². The summed E-state index contributed by atoms with van der Waals surface area (Å²) < 4.78 is 5.01. The van der Waals surface area contributed by atoms with Gasteiger partial charge in [0.25, 0.3) is 0 Å². The maximum Gasteiger partial charge on any atom is 0.342 e. The Hall–Kier alpha value is -1.35. The Morgan fingerprint density at radius 2 is 2.18 bits per heavy atom. The fraction of sp³-hybridized carbons (Fsp3) is 0.500. The van der Waals surface area contributed by atoms with Gasteiger partial charge in [-0.2, -0.15) is 0 Å². The highest BCUT2D eigenvalue weighted by molar-refractivity contribution is 5.81. The summed E-state index contributed by atoms with van der Waals surface area (Å²) in [4.78, 5) is 12.0. The summed E-state index contributed by atoms with van der Waals surface area (Å²) in [6.07, 6.45) is 3.20. The molecular weight excluding hydrogens is 216 g/mol. The molecule has 1 N–H and O–H groups in total. The van der Waals surface area contributed by atoms with Crippen molar-refractivity contribution in [1.29, 1.82) is 0 Å². The minimum absolute atomic E-state index is 0.295. The van der Waals surface area contributed by atoms with Gasteiger partial charge in [0.05, 0.1) is 6.61 Å². The standard InChI is InChI=1S/C14H18O3/c1-2-17-13(15)14(16)10-6-5-8-11-7-3-4-9-12(11)14/h3-4,7,9,16H,2,5-6,8,10H2,1H3. The molecule has 1 aliphatic carbocycles. The van der Waals surface area contributed by atoms with E-state index >= 15 is 0 Å². The Labute approximate surface area is 101 Å². The number of hydrogen-bond acceptors (Lipinski definition) is 3. The van der Waals surface area contributed by atoms with Crippen LogP contribution in [0.2, 0.25) is 0 Å². The number of ether oxygens (including phenoxy) is 1. The minimum Gasteiger partial charge on any atom is -0.464 e. The van der Waals surface area contributed by atoms with Crippen LogP contribution in [0.25, 0.3) is 0 Å². The van der Waals surface area contributed by atoms with Crippen molar-refractivity contribution in [3.05, 3.63) is 35.4 Å². The smallest absolute Gasteiger partial charge is 0.342 e. The van der Waals surface area contributed by atoms with Crippen molar-refractivity contribution in [3.8, 4) is 0 Å². The second kappa shape index (κ2) is 4.88. The van der Waals surface area contributed by atoms with Crippen molar-refractivity contribution < 1.29 is 14.6 Å².